The van der Waals surface area contributed by atoms with E-state index >= 15 is 0 Å². The zero-order valence-electron chi connectivity index (χ0n) is 10.9. The Morgan fingerprint density at radius 3 is 3.00 bits per heavy atom. The van der Waals surface area contributed by atoms with E-state index in [1.807, 2.05) is 35.7 Å². The second-order valence-corrected chi connectivity index (χ2v) is 5.19. The fourth-order valence-electron chi connectivity index (χ4n) is 1.96. The monoisotopic (exact) mass is 284 g/mol. The number of fused-ring (bicyclic) bond motifs is 1. The molecule has 2 heterocycles. The Hall–Kier alpha value is -2.32. The number of benzene rings is 1. The molecule has 0 unspecified atom stereocenters. The van der Waals surface area contributed by atoms with Crippen LogP contribution in [-0.2, 0) is 13.0 Å². The summed E-state index contributed by atoms with van der Waals surface area (Å²) in [5.74, 6) is 0.700. The molecule has 3 rings (SSSR count). The predicted octanol–water partition coefficient (Wildman–Crippen LogP) is 3.90. The van der Waals surface area contributed by atoms with Gasteiger partial charge in [-0.3, -0.25) is 0 Å². The molecule has 0 spiro atoms. The van der Waals surface area contributed by atoms with E-state index in [0.717, 1.165) is 22.5 Å². The van der Waals surface area contributed by atoms with E-state index in [9.17, 15) is 0 Å². The lowest BCUT2D eigenvalue weighted by Crippen LogP contribution is -1.96. The fourth-order valence-corrected chi connectivity index (χ4v) is 2.69. The molecule has 3 aromatic rings. The second kappa shape index (κ2) is 5.35. The van der Waals surface area contributed by atoms with Crippen molar-refractivity contribution in [2.24, 2.45) is 0 Å². The standard InChI is InChI=1S/C15H12N2O2S/c1-2-14-17-10(9-20-14)8-18-15-11-5-3-4-6-12(11)19-13(15)7-16/h3-6,9H,2,8H2,1H3. The molecule has 0 aliphatic carbocycles. The molecular formula is C15H12N2O2S. The number of nitriles is 1. The van der Waals surface area contributed by atoms with Gasteiger partial charge in [-0.25, -0.2) is 4.98 Å². The Kier molecular flexibility index (Phi) is 3.40. The van der Waals surface area contributed by atoms with Crippen LogP contribution in [0, 0.1) is 11.3 Å². The van der Waals surface area contributed by atoms with E-state index in [4.69, 9.17) is 14.4 Å². The van der Waals surface area contributed by atoms with Gasteiger partial charge in [-0.15, -0.1) is 11.3 Å². The van der Waals surface area contributed by atoms with Crippen molar-refractivity contribution < 1.29 is 9.15 Å². The molecule has 0 radical (unpaired) electrons. The SMILES string of the molecule is CCc1nc(COc2c(C#N)oc3ccccc23)cs1. The van der Waals surface area contributed by atoms with Gasteiger partial charge in [0.15, 0.2) is 5.75 Å². The third kappa shape index (κ3) is 2.26. The van der Waals surface area contributed by atoms with Gasteiger partial charge in [-0.2, -0.15) is 5.26 Å². The van der Waals surface area contributed by atoms with Crippen molar-refractivity contribution in [1.29, 1.82) is 5.26 Å². The summed E-state index contributed by atoms with van der Waals surface area (Å²) in [6.07, 6.45) is 0.919. The highest BCUT2D eigenvalue weighted by atomic mass is 32.1. The lowest BCUT2D eigenvalue weighted by molar-refractivity contribution is 0.299. The van der Waals surface area contributed by atoms with Crippen molar-refractivity contribution in [2.75, 3.05) is 0 Å². The molecule has 0 N–H and O–H groups in total. The first-order chi connectivity index (χ1) is 9.81. The van der Waals surface area contributed by atoms with Gasteiger partial charge in [0, 0.05) is 5.38 Å². The lowest BCUT2D eigenvalue weighted by Gasteiger charge is -2.01. The molecule has 0 amide bonds. The first kappa shape index (κ1) is 12.7. The fraction of sp³-hybridized carbons (Fsp3) is 0.200. The molecule has 2 aromatic heterocycles. The summed E-state index contributed by atoms with van der Waals surface area (Å²) in [6.45, 7) is 2.41. The van der Waals surface area contributed by atoms with Crippen molar-refractivity contribution in [3.05, 3.63) is 46.1 Å². The molecular weight excluding hydrogens is 272 g/mol. The van der Waals surface area contributed by atoms with E-state index in [1.54, 1.807) is 11.3 Å². The van der Waals surface area contributed by atoms with Crippen molar-refractivity contribution in [2.45, 2.75) is 20.0 Å². The molecule has 4 nitrogen and oxygen atoms in total. The maximum absolute atomic E-state index is 9.12. The van der Waals surface area contributed by atoms with E-state index in [-0.39, 0.29) is 5.76 Å². The van der Waals surface area contributed by atoms with Crippen LogP contribution in [0.3, 0.4) is 0 Å². The molecule has 0 aliphatic rings. The van der Waals surface area contributed by atoms with Gasteiger partial charge in [0.25, 0.3) is 0 Å². The highest BCUT2D eigenvalue weighted by Gasteiger charge is 2.15. The largest absolute Gasteiger partial charge is 0.482 e. The topological polar surface area (TPSA) is 59.0 Å². The van der Waals surface area contributed by atoms with Crippen LogP contribution in [0.4, 0.5) is 0 Å². The third-order valence-electron chi connectivity index (χ3n) is 2.92. The van der Waals surface area contributed by atoms with Crippen LogP contribution in [0.2, 0.25) is 0 Å². The molecule has 1 aromatic carbocycles. The van der Waals surface area contributed by atoms with E-state index < -0.39 is 0 Å². The lowest BCUT2D eigenvalue weighted by atomic mass is 10.2. The molecule has 20 heavy (non-hydrogen) atoms. The van der Waals surface area contributed by atoms with E-state index in [1.165, 1.54) is 0 Å². The summed E-state index contributed by atoms with van der Waals surface area (Å²) >= 11 is 1.62. The van der Waals surface area contributed by atoms with Crippen molar-refractivity contribution in [1.82, 2.24) is 4.98 Å². The van der Waals surface area contributed by atoms with Gasteiger partial charge in [0.05, 0.1) is 16.1 Å². The third-order valence-corrected chi connectivity index (χ3v) is 3.96. The van der Waals surface area contributed by atoms with Gasteiger partial charge >= 0.3 is 0 Å². The number of hydrogen-bond donors (Lipinski definition) is 0. The minimum Gasteiger partial charge on any atom is -0.482 e. The molecule has 0 saturated carbocycles. The molecule has 0 saturated heterocycles. The smallest absolute Gasteiger partial charge is 0.246 e. The number of hydrogen-bond acceptors (Lipinski definition) is 5. The predicted molar refractivity (Wildman–Crippen MR) is 76.8 cm³/mol. The Balaban J connectivity index is 1.88. The number of nitrogens with zero attached hydrogens (tertiary/aromatic N) is 2. The number of ether oxygens (including phenoxy) is 1. The van der Waals surface area contributed by atoms with Crippen molar-refractivity contribution in [3.8, 4) is 11.8 Å². The van der Waals surface area contributed by atoms with Crippen LogP contribution in [0.5, 0.6) is 5.75 Å². The summed E-state index contributed by atoms with van der Waals surface area (Å²) in [5.41, 5.74) is 1.53. The maximum atomic E-state index is 9.12. The Morgan fingerprint density at radius 2 is 2.25 bits per heavy atom. The average molecular weight is 284 g/mol. The van der Waals surface area contributed by atoms with Crippen LogP contribution in [0.1, 0.15) is 23.4 Å². The minimum absolute atomic E-state index is 0.206. The second-order valence-electron chi connectivity index (χ2n) is 4.24. The van der Waals surface area contributed by atoms with E-state index in [2.05, 4.69) is 11.9 Å². The van der Waals surface area contributed by atoms with Crippen LogP contribution >= 0.6 is 11.3 Å². The maximum Gasteiger partial charge on any atom is 0.246 e. The minimum atomic E-state index is 0.206. The summed E-state index contributed by atoms with van der Waals surface area (Å²) in [6, 6.07) is 9.49. The molecule has 0 aliphatic heterocycles. The van der Waals surface area contributed by atoms with Gasteiger partial charge < -0.3 is 9.15 Å². The zero-order valence-corrected chi connectivity index (χ0v) is 11.7. The van der Waals surface area contributed by atoms with Gasteiger partial charge in [0.1, 0.15) is 18.3 Å². The number of rotatable bonds is 4. The van der Waals surface area contributed by atoms with Gasteiger partial charge in [0.2, 0.25) is 5.76 Å². The van der Waals surface area contributed by atoms with Crippen molar-refractivity contribution >= 4 is 22.3 Å². The summed E-state index contributed by atoms with van der Waals surface area (Å²) in [4.78, 5) is 4.44. The van der Waals surface area contributed by atoms with Crippen LogP contribution in [0.15, 0.2) is 34.1 Å². The summed E-state index contributed by atoms with van der Waals surface area (Å²) in [5, 5.41) is 13.0. The Bertz CT molecular complexity index is 783. The summed E-state index contributed by atoms with van der Waals surface area (Å²) in [7, 11) is 0. The first-order valence-corrected chi connectivity index (χ1v) is 7.17. The van der Waals surface area contributed by atoms with Crippen LogP contribution < -0.4 is 4.74 Å². The molecule has 5 heteroatoms. The molecule has 0 bridgehead atoms. The average Bonchev–Trinajstić information content (AvgIpc) is 3.08. The van der Waals surface area contributed by atoms with E-state index in [0.29, 0.717) is 17.9 Å². The highest BCUT2D eigenvalue weighted by molar-refractivity contribution is 7.09. The van der Waals surface area contributed by atoms with Crippen LogP contribution in [0.25, 0.3) is 11.0 Å². The number of para-hydroxylation sites is 1. The Labute approximate surface area is 120 Å². The highest BCUT2D eigenvalue weighted by Crippen LogP contribution is 2.33. The number of thiazole rings is 1. The van der Waals surface area contributed by atoms with Gasteiger partial charge in [-0.05, 0) is 18.6 Å². The quantitative estimate of drug-likeness (QED) is 0.729. The number of furan rings is 1. The zero-order chi connectivity index (χ0) is 13.9. The van der Waals surface area contributed by atoms with Crippen molar-refractivity contribution in [3.63, 3.8) is 0 Å². The van der Waals surface area contributed by atoms with Gasteiger partial charge in [-0.1, -0.05) is 19.1 Å². The first-order valence-electron chi connectivity index (χ1n) is 6.29. The number of aryl methyl sites for hydroxylation is 1. The van der Waals surface area contributed by atoms with Crippen LogP contribution in [-0.4, -0.2) is 4.98 Å². The number of aromatic nitrogens is 1. The molecule has 100 valence electrons. The molecule has 0 fully saturated rings. The molecule has 0 atom stereocenters. The summed E-state index contributed by atoms with van der Waals surface area (Å²) < 4.78 is 11.2. The normalized spacial score (nSPS) is 10.6. The Morgan fingerprint density at radius 1 is 1.40 bits per heavy atom.